The predicted octanol–water partition coefficient (Wildman–Crippen LogP) is 5.06. The van der Waals surface area contributed by atoms with Crippen molar-refractivity contribution >= 4 is 46.1 Å². The van der Waals surface area contributed by atoms with Gasteiger partial charge in [-0.15, -0.1) is 11.3 Å². The molecule has 7 heteroatoms. The highest BCUT2D eigenvalue weighted by Crippen LogP contribution is 2.25. The third-order valence-corrected chi connectivity index (χ3v) is 5.73. The molecule has 0 spiro atoms. The zero-order valence-corrected chi connectivity index (χ0v) is 16.7. The van der Waals surface area contributed by atoms with Gasteiger partial charge >= 0.3 is 0 Å². The summed E-state index contributed by atoms with van der Waals surface area (Å²) in [4.78, 5) is 15.9. The van der Waals surface area contributed by atoms with Gasteiger partial charge < -0.3 is 10.1 Å². The average Bonchev–Trinajstić information content (AvgIpc) is 3.30. The lowest BCUT2D eigenvalue weighted by Crippen LogP contribution is -2.34. The number of hydrogen-bond acceptors (Lipinski definition) is 4. The number of benzene rings is 1. The van der Waals surface area contributed by atoms with Gasteiger partial charge in [-0.05, 0) is 42.5 Å². The molecule has 0 unspecified atom stereocenters. The molecule has 0 radical (unpaired) electrons. The van der Waals surface area contributed by atoms with Crippen LogP contribution in [0.1, 0.15) is 24.1 Å². The van der Waals surface area contributed by atoms with Gasteiger partial charge in [0, 0.05) is 42.6 Å². The monoisotopic (exact) mass is 412 g/mol. The Kier molecular flexibility index (Phi) is 7.34. The lowest BCUT2D eigenvalue weighted by molar-refractivity contribution is -0.116. The first-order valence-electron chi connectivity index (χ1n) is 8.71. The van der Waals surface area contributed by atoms with Crippen molar-refractivity contribution in [2.75, 3.05) is 25.0 Å². The molecule has 1 amide bonds. The topological polar surface area (TPSA) is 41.6 Å². The quantitative estimate of drug-likeness (QED) is 0.658. The largest absolute Gasteiger partial charge is 0.377 e. The van der Waals surface area contributed by atoms with E-state index in [1.54, 1.807) is 29.5 Å². The molecule has 0 saturated carbocycles. The summed E-state index contributed by atoms with van der Waals surface area (Å²) in [5.74, 6) is -0.0716. The molecule has 3 rings (SSSR count). The van der Waals surface area contributed by atoms with Gasteiger partial charge in [0.2, 0.25) is 5.91 Å². The first kappa shape index (κ1) is 19.6. The maximum absolute atomic E-state index is 12.4. The van der Waals surface area contributed by atoms with Crippen LogP contribution in [0.5, 0.6) is 0 Å². The third-order valence-electron chi connectivity index (χ3n) is 4.30. The van der Waals surface area contributed by atoms with Crippen molar-refractivity contribution in [3.05, 3.63) is 50.6 Å². The molecule has 2 aromatic rings. The fourth-order valence-corrected chi connectivity index (χ4v) is 4.08. The van der Waals surface area contributed by atoms with E-state index in [9.17, 15) is 4.79 Å². The second kappa shape index (κ2) is 9.72. The van der Waals surface area contributed by atoms with Crippen molar-refractivity contribution in [2.24, 2.45) is 0 Å². The van der Waals surface area contributed by atoms with Gasteiger partial charge in [-0.3, -0.25) is 9.69 Å². The molecule has 1 atom stereocenters. The Bertz CT molecular complexity index is 718. The van der Waals surface area contributed by atoms with E-state index in [4.69, 9.17) is 27.9 Å². The van der Waals surface area contributed by atoms with Gasteiger partial charge in [0.25, 0.3) is 0 Å². The number of nitrogens with zero attached hydrogens (tertiary/aromatic N) is 1. The summed E-state index contributed by atoms with van der Waals surface area (Å²) in [6.07, 6.45) is 2.86. The van der Waals surface area contributed by atoms with Crippen LogP contribution in [0.3, 0.4) is 0 Å². The molecule has 1 fully saturated rings. The SMILES string of the molecule is O=C(CCN(Cc1cccs1)C[C@H]1CCCO1)Nc1cc(Cl)ccc1Cl. The first-order valence-corrected chi connectivity index (χ1v) is 10.3. The summed E-state index contributed by atoms with van der Waals surface area (Å²) < 4.78 is 5.76. The van der Waals surface area contributed by atoms with Crippen molar-refractivity contribution in [1.82, 2.24) is 4.90 Å². The Hall–Kier alpha value is -1.11. The number of nitrogens with one attached hydrogen (secondary N) is 1. The van der Waals surface area contributed by atoms with Crippen LogP contribution in [0.4, 0.5) is 5.69 Å². The molecule has 4 nitrogen and oxygen atoms in total. The summed E-state index contributed by atoms with van der Waals surface area (Å²) >= 11 is 13.8. The van der Waals surface area contributed by atoms with Crippen LogP contribution in [0.15, 0.2) is 35.7 Å². The number of rotatable bonds is 8. The van der Waals surface area contributed by atoms with Crippen LogP contribution >= 0.6 is 34.5 Å². The van der Waals surface area contributed by atoms with Crippen LogP contribution in [0, 0.1) is 0 Å². The molecule has 1 N–H and O–H groups in total. The van der Waals surface area contributed by atoms with Crippen LogP contribution < -0.4 is 5.32 Å². The predicted molar refractivity (Wildman–Crippen MR) is 108 cm³/mol. The van der Waals surface area contributed by atoms with E-state index in [1.165, 1.54) is 4.88 Å². The highest BCUT2D eigenvalue weighted by molar-refractivity contribution is 7.09. The van der Waals surface area contributed by atoms with Crippen molar-refractivity contribution in [1.29, 1.82) is 0 Å². The summed E-state index contributed by atoms with van der Waals surface area (Å²) in [6.45, 7) is 3.19. The Morgan fingerprint density at radius 3 is 2.96 bits per heavy atom. The molecule has 1 aliphatic rings. The fraction of sp³-hybridized carbons (Fsp3) is 0.421. The minimum absolute atomic E-state index is 0.0716. The van der Waals surface area contributed by atoms with E-state index < -0.39 is 0 Å². The van der Waals surface area contributed by atoms with E-state index in [0.717, 1.165) is 32.5 Å². The molecule has 1 aromatic carbocycles. The maximum atomic E-state index is 12.4. The van der Waals surface area contributed by atoms with E-state index in [-0.39, 0.29) is 12.0 Å². The maximum Gasteiger partial charge on any atom is 0.225 e. The summed E-state index contributed by atoms with van der Waals surface area (Å²) in [7, 11) is 0. The molecular formula is C19H22Cl2N2O2S. The number of ether oxygens (including phenoxy) is 1. The molecule has 140 valence electrons. The second-order valence-electron chi connectivity index (χ2n) is 6.37. The Balaban J connectivity index is 1.55. The third kappa shape index (κ3) is 5.96. The standard InChI is InChI=1S/C19H22Cl2N2O2S/c20-14-5-6-17(21)18(11-14)22-19(24)7-8-23(12-15-3-1-9-25-15)13-16-4-2-10-26-16/h2,4-6,10-11,15H,1,3,7-9,12-13H2,(H,22,24)/t15-/m1/s1. The molecular weight excluding hydrogens is 391 g/mol. The van der Waals surface area contributed by atoms with Gasteiger partial charge in [0.1, 0.15) is 0 Å². The van der Waals surface area contributed by atoms with E-state index in [2.05, 4.69) is 27.7 Å². The normalized spacial score (nSPS) is 17.0. The Labute approximate surface area is 168 Å². The van der Waals surface area contributed by atoms with Crippen LogP contribution in [0.25, 0.3) is 0 Å². The summed E-state index contributed by atoms with van der Waals surface area (Å²) in [5.41, 5.74) is 0.549. The highest BCUT2D eigenvalue weighted by Gasteiger charge is 2.20. The fourth-order valence-electron chi connectivity index (χ4n) is 3.00. The van der Waals surface area contributed by atoms with Gasteiger partial charge in [-0.2, -0.15) is 0 Å². The molecule has 0 bridgehead atoms. The van der Waals surface area contributed by atoms with Crippen molar-refractivity contribution in [3.8, 4) is 0 Å². The molecule has 2 heterocycles. The van der Waals surface area contributed by atoms with E-state index in [0.29, 0.717) is 28.7 Å². The molecule has 1 aromatic heterocycles. The van der Waals surface area contributed by atoms with Crippen molar-refractivity contribution < 1.29 is 9.53 Å². The number of thiophene rings is 1. The number of halogens is 2. The zero-order valence-electron chi connectivity index (χ0n) is 14.4. The number of anilines is 1. The minimum Gasteiger partial charge on any atom is -0.377 e. The van der Waals surface area contributed by atoms with Crippen molar-refractivity contribution in [2.45, 2.75) is 31.9 Å². The smallest absolute Gasteiger partial charge is 0.225 e. The van der Waals surface area contributed by atoms with E-state index >= 15 is 0 Å². The first-order chi connectivity index (χ1) is 12.6. The van der Waals surface area contributed by atoms with Crippen LogP contribution in [-0.2, 0) is 16.1 Å². The number of carbonyl (C=O) groups excluding carboxylic acids is 1. The minimum atomic E-state index is -0.0716. The van der Waals surface area contributed by atoms with Crippen LogP contribution in [-0.4, -0.2) is 36.6 Å². The number of carbonyl (C=O) groups is 1. The average molecular weight is 413 g/mol. The second-order valence-corrected chi connectivity index (χ2v) is 8.25. The number of amides is 1. The Morgan fingerprint density at radius 2 is 2.23 bits per heavy atom. The lowest BCUT2D eigenvalue weighted by atomic mass is 10.2. The summed E-state index contributed by atoms with van der Waals surface area (Å²) in [6, 6.07) is 9.22. The van der Waals surface area contributed by atoms with Gasteiger partial charge in [-0.25, -0.2) is 0 Å². The molecule has 1 aliphatic heterocycles. The number of hydrogen-bond donors (Lipinski definition) is 1. The molecule has 1 saturated heterocycles. The highest BCUT2D eigenvalue weighted by atomic mass is 35.5. The summed E-state index contributed by atoms with van der Waals surface area (Å²) in [5, 5.41) is 5.95. The van der Waals surface area contributed by atoms with Crippen LogP contribution in [0.2, 0.25) is 10.0 Å². The lowest BCUT2D eigenvalue weighted by Gasteiger charge is -2.24. The van der Waals surface area contributed by atoms with Gasteiger partial charge in [0.15, 0.2) is 0 Å². The Morgan fingerprint density at radius 1 is 1.35 bits per heavy atom. The molecule has 26 heavy (non-hydrogen) atoms. The molecule has 0 aliphatic carbocycles. The van der Waals surface area contributed by atoms with Crippen molar-refractivity contribution in [3.63, 3.8) is 0 Å². The van der Waals surface area contributed by atoms with E-state index in [1.807, 2.05) is 0 Å². The zero-order chi connectivity index (χ0) is 18.4. The van der Waals surface area contributed by atoms with Gasteiger partial charge in [-0.1, -0.05) is 29.3 Å². The van der Waals surface area contributed by atoms with Gasteiger partial charge in [0.05, 0.1) is 16.8 Å².